The molecule has 0 heterocycles. The molecule has 1 heteroatoms. The first-order valence-corrected chi connectivity index (χ1v) is 6.52. The Labute approximate surface area is 115 Å². The summed E-state index contributed by atoms with van der Waals surface area (Å²) in [6.07, 6.45) is 0.979. The Balaban J connectivity index is 2.00. The highest BCUT2D eigenvalue weighted by atomic mass is 16.5. The fourth-order valence-corrected chi connectivity index (χ4v) is 1.97. The summed E-state index contributed by atoms with van der Waals surface area (Å²) < 4.78 is 5.76. The molecule has 0 aliphatic carbocycles. The number of hydrogen-bond donors (Lipinski definition) is 0. The van der Waals surface area contributed by atoms with Gasteiger partial charge in [0.2, 0.25) is 0 Å². The number of para-hydroxylation sites is 1. The van der Waals surface area contributed by atoms with Crippen LogP contribution >= 0.6 is 0 Å². The summed E-state index contributed by atoms with van der Waals surface area (Å²) in [6.45, 7) is 4.03. The van der Waals surface area contributed by atoms with Crippen LogP contribution in [0.4, 0.5) is 0 Å². The lowest BCUT2D eigenvalue weighted by atomic mass is 10.0. The zero-order valence-corrected chi connectivity index (χ0v) is 11.4. The van der Waals surface area contributed by atoms with Gasteiger partial charge in [-0.15, -0.1) is 11.8 Å². The third kappa shape index (κ3) is 4.19. The second-order valence-electron chi connectivity index (χ2n) is 4.56. The molecule has 1 atom stereocenters. The monoisotopic (exact) mass is 250 g/mol. The smallest absolute Gasteiger partial charge is 0.127 e. The minimum absolute atomic E-state index is 0.394. The Morgan fingerprint density at radius 1 is 0.947 bits per heavy atom. The summed E-state index contributed by atoms with van der Waals surface area (Å²) in [5.74, 6) is 8.25. The highest BCUT2D eigenvalue weighted by Gasteiger charge is 2.01. The van der Waals surface area contributed by atoms with Crippen molar-refractivity contribution in [2.24, 2.45) is 5.92 Å². The van der Waals surface area contributed by atoms with Crippen LogP contribution in [0.15, 0.2) is 54.6 Å². The van der Waals surface area contributed by atoms with Crippen LogP contribution in [0.3, 0.4) is 0 Å². The lowest BCUT2D eigenvalue weighted by Gasteiger charge is -2.08. The van der Waals surface area contributed by atoms with Crippen LogP contribution in [-0.4, -0.2) is 0 Å². The standard InChI is InChI=1S/C18H18O/c1-3-7-15(2)14-16-10-12-18(13-11-16)19-17-8-5-4-6-9-17/h4-6,8-13,15H,14H2,1-2H3. The molecule has 2 aromatic rings. The lowest BCUT2D eigenvalue weighted by molar-refractivity contribution is 0.482. The van der Waals surface area contributed by atoms with E-state index in [0.717, 1.165) is 17.9 Å². The maximum atomic E-state index is 5.76. The van der Waals surface area contributed by atoms with E-state index in [4.69, 9.17) is 4.74 Å². The highest BCUT2D eigenvalue weighted by Crippen LogP contribution is 2.21. The van der Waals surface area contributed by atoms with Gasteiger partial charge in [-0.1, -0.05) is 37.3 Å². The Morgan fingerprint density at radius 3 is 2.21 bits per heavy atom. The molecule has 0 aliphatic rings. The fraction of sp³-hybridized carbons (Fsp3) is 0.222. The number of benzene rings is 2. The predicted octanol–water partition coefficient (Wildman–Crippen LogP) is 4.68. The maximum Gasteiger partial charge on any atom is 0.127 e. The van der Waals surface area contributed by atoms with E-state index in [0.29, 0.717) is 5.92 Å². The van der Waals surface area contributed by atoms with Gasteiger partial charge in [0.05, 0.1) is 0 Å². The van der Waals surface area contributed by atoms with E-state index in [1.165, 1.54) is 5.56 Å². The molecule has 0 N–H and O–H groups in total. The minimum atomic E-state index is 0.394. The van der Waals surface area contributed by atoms with Gasteiger partial charge in [-0.25, -0.2) is 0 Å². The van der Waals surface area contributed by atoms with Gasteiger partial charge in [-0.05, 0) is 43.2 Å². The van der Waals surface area contributed by atoms with Gasteiger partial charge < -0.3 is 4.74 Å². The summed E-state index contributed by atoms with van der Waals surface area (Å²) >= 11 is 0. The summed E-state index contributed by atoms with van der Waals surface area (Å²) in [6, 6.07) is 18.0. The normalized spacial score (nSPS) is 11.3. The third-order valence-electron chi connectivity index (χ3n) is 2.83. The van der Waals surface area contributed by atoms with Gasteiger partial charge >= 0.3 is 0 Å². The largest absolute Gasteiger partial charge is 0.457 e. The molecule has 0 amide bonds. The van der Waals surface area contributed by atoms with Crippen LogP contribution in [0.2, 0.25) is 0 Å². The van der Waals surface area contributed by atoms with Crippen molar-refractivity contribution in [2.45, 2.75) is 20.3 Å². The summed E-state index contributed by atoms with van der Waals surface area (Å²) in [5.41, 5.74) is 1.29. The van der Waals surface area contributed by atoms with Crippen molar-refractivity contribution in [1.29, 1.82) is 0 Å². The Kier molecular flexibility index (Phi) is 4.64. The van der Waals surface area contributed by atoms with E-state index in [1.807, 2.05) is 49.4 Å². The van der Waals surface area contributed by atoms with E-state index in [1.54, 1.807) is 0 Å². The summed E-state index contributed by atoms with van der Waals surface area (Å²) in [5, 5.41) is 0. The van der Waals surface area contributed by atoms with E-state index < -0.39 is 0 Å². The Hall–Kier alpha value is -2.20. The van der Waals surface area contributed by atoms with Gasteiger partial charge in [-0.3, -0.25) is 0 Å². The molecule has 2 rings (SSSR count). The molecule has 2 aromatic carbocycles. The molecular weight excluding hydrogens is 232 g/mol. The number of ether oxygens (including phenoxy) is 1. The second kappa shape index (κ2) is 6.66. The molecule has 19 heavy (non-hydrogen) atoms. The van der Waals surface area contributed by atoms with Crippen LogP contribution in [0.1, 0.15) is 19.4 Å². The summed E-state index contributed by atoms with van der Waals surface area (Å²) in [7, 11) is 0. The molecule has 0 aliphatic heterocycles. The van der Waals surface area contributed by atoms with E-state index >= 15 is 0 Å². The van der Waals surface area contributed by atoms with Crippen LogP contribution in [0, 0.1) is 17.8 Å². The van der Waals surface area contributed by atoms with Crippen molar-refractivity contribution in [3.8, 4) is 23.3 Å². The molecule has 0 fully saturated rings. The van der Waals surface area contributed by atoms with Gasteiger partial charge in [0.25, 0.3) is 0 Å². The average molecular weight is 250 g/mol. The zero-order chi connectivity index (χ0) is 13.5. The van der Waals surface area contributed by atoms with Gasteiger partial charge in [0.1, 0.15) is 11.5 Å². The molecule has 0 bridgehead atoms. The fourth-order valence-electron chi connectivity index (χ4n) is 1.97. The predicted molar refractivity (Wildman–Crippen MR) is 79.3 cm³/mol. The molecule has 0 radical (unpaired) electrons. The molecule has 0 saturated carbocycles. The first-order chi connectivity index (χ1) is 9.28. The maximum absolute atomic E-state index is 5.76. The van der Waals surface area contributed by atoms with Crippen LogP contribution in [0.25, 0.3) is 0 Å². The quantitative estimate of drug-likeness (QED) is 0.716. The second-order valence-corrected chi connectivity index (χ2v) is 4.56. The molecule has 0 aromatic heterocycles. The van der Waals surface area contributed by atoms with Gasteiger partial charge in [-0.2, -0.15) is 0 Å². The molecule has 96 valence electrons. The topological polar surface area (TPSA) is 9.23 Å². The molecule has 0 saturated heterocycles. The highest BCUT2D eigenvalue weighted by molar-refractivity contribution is 5.33. The van der Waals surface area contributed by atoms with E-state index in [-0.39, 0.29) is 0 Å². The first kappa shape index (κ1) is 13.2. The van der Waals surface area contributed by atoms with Gasteiger partial charge in [0, 0.05) is 5.92 Å². The van der Waals surface area contributed by atoms with Crippen molar-refractivity contribution in [3.05, 3.63) is 60.2 Å². The van der Waals surface area contributed by atoms with Crippen molar-refractivity contribution < 1.29 is 4.74 Å². The number of hydrogen-bond acceptors (Lipinski definition) is 1. The third-order valence-corrected chi connectivity index (χ3v) is 2.83. The van der Waals surface area contributed by atoms with Crippen LogP contribution < -0.4 is 4.74 Å². The van der Waals surface area contributed by atoms with Gasteiger partial charge in [0.15, 0.2) is 0 Å². The van der Waals surface area contributed by atoms with Crippen LogP contribution in [-0.2, 0) is 6.42 Å². The molecule has 0 spiro atoms. The molecule has 1 nitrogen and oxygen atoms in total. The van der Waals surface area contributed by atoms with E-state index in [2.05, 4.69) is 30.9 Å². The average Bonchev–Trinajstić information content (AvgIpc) is 2.42. The Morgan fingerprint density at radius 2 is 1.58 bits per heavy atom. The molecule has 1 unspecified atom stereocenters. The SMILES string of the molecule is CC#CC(C)Cc1ccc(Oc2ccccc2)cc1. The lowest BCUT2D eigenvalue weighted by Crippen LogP contribution is -1.96. The summed E-state index contributed by atoms with van der Waals surface area (Å²) in [4.78, 5) is 0. The van der Waals surface area contributed by atoms with Crippen molar-refractivity contribution in [1.82, 2.24) is 0 Å². The van der Waals surface area contributed by atoms with Crippen LogP contribution in [0.5, 0.6) is 11.5 Å². The van der Waals surface area contributed by atoms with Crippen molar-refractivity contribution >= 4 is 0 Å². The van der Waals surface area contributed by atoms with Crippen molar-refractivity contribution in [3.63, 3.8) is 0 Å². The Bertz CT molecular complexity index is 558. The minimum Gasteiger partial charge on any atom is -0.457 e. The first-order valence-electron chi connectivity index (χ1n) is 6.52. The van der Waals surface area contributed by atoms with Crippen molar-refractivity contribution in [2.75, 3.05) is 0 Å². The zero-order valence-electron chi connectivity index (χ0n) is 11.4. The number of rotatable bonds is 4. The molecular formula is C18H18O. The van der Waals surface area contributed by atoms with E-state index in [9.17, 15) is 0 Å².